The Morgan fingerprint density at radius 2 is 1.96 bits per heavy atom. The fourth-order valence-electron chi connectivity index (χ4n) is 3.99. The summed E-state index contributed by atoms with van der Waals surface area (Å²) in [6.07, 6.45) is 2.21. The molecule has 2 aromatic carbocycles. The molecule has 0 amide bonds. The second kappa shape index (κ2) is 8.00. The van der Waals surface area contributed by atoms with Gasteiger partial charge in [0, 0.05) is 43.9 Å². The number of nitrogens with zero attached hydrogens (tertiary/aromatic N) is 2. The molecule has 0 unspecified atom stereocenters. The molecule has 6 heteroatoms. The van der Waals surface area contributed by atoms with E-state index in [1.807, 2.05) is 18.2 Å². The van der Waals surface area contributed by atoms with Gasteiger partial charge in [-0.25, -0.2) is 0 Å². The van der Waals surface area contributed by atoms with Gasteiger partial charge in [0.25, 0.3) is 0 Å². The largest absolute Gasteiger partial charge is 0.491 e. The Kier molecular flexibility index (Phi) is 5.45. The van der Waals surface area contributed by atoms with Gasteiger partial charge in [-0.1, -0.05) is 11.6 Å². The molecule has 1 saturated heterocycles. The molecule has 146 valence electrons. The van der Waals surface area contributed by atoms with Gasteiger partial charge in [0.2, 0.25) is 0 Å². The minimum absolute atomic E-state index is 0.131. The molecule has 0 aliphatic carbocycles. The average molecular weight is 399 g/mol. The lowest BCUT2D eigenvalue weighted by Gasteiger charge is -2.39. The van der Waals surface area contributed by atoms with Gasteiger partial charge < -0.3 is 19.5 Å². The zero-order valence-electron chi connectivity index (χ0n) is 15.6. The van der Waals surface area contributed by atoms with Crippen LogP contribution in [0.3, 0.4) is 0 Å². The Hall–Kier alpha value is -2.26. The summed E-state index contributed by atoms with van der Waals surface area (Å²) < 4.78 is 11.9. The van der Waals surface area contributed by atoms with Crippen LogP contribution in [-0.4, -0.2) is 48.0 Å². The maximum atomic E-state index is 10.3. The molecule has 0 radical (unpaired) electrons. The third-order valence-corrected chi connectivity index (χ3v) is 5.76. The van der Waals surface area contributed by atoms with Crippen molar-refractivity contribution in [2.24, 2.45) is 0 Å². The van der Waals surface area contributed by atoms with E-state index in [1.165, 1.54) is 5.56 Å². The highest BCUT2D eigenvalue weighted by Gasteiger charge is 2.42. The van der Waals surface area contributed by atoms with Crippen molar-refractivity contribution in [3.8, 4) is 17.6 Å². The first-order valence-electron chi connectivity index (χ1n) is 9.56. The first-order valence-corrected chi connectivity index (χ1v) is 9.94. The molecule has 0 saturated carbocycles. The molecule has 4 rings (SSSR count). The highest BCUT2D eigenvalue weighted by molar-refractivity contribution is 6.30. The predicted octanol–water partition coefficient (Wildman–Crippen LogP) is 3.42. The van der Waals surface area contributed by atoms with Gasteiger partial charge in [-0.05, 0) is 48.0 Å². The molecule has 1 spiro atoms. The highest BCUT2D eigenvalue weighted by Crippen LogP contribution is 2.41. The van der Waals surface area contributed by atoms with Crippen molar-refractivity contribution in [2.75, 3.05) is 26.2 Å². The van der Waals surface area contributed by atoms with Crippen molar-refractivity contribution in [1.82, 2.24) is 4.90 Å². The van der Waals surface area contributed by atoms with Crippen LogP contribution < -0.4 is 9.47 Å². The number of fused-ring (bicyclic) bond motifs is 1. The molecule has 5 nitrogen and oxygen atoms in total. The monoisotopic (exact) mass is 398 g/mol. The quantitative estimate of drug-likeness (QED) is 0.835. The summed E-state index contributed by atoms with van der Waals surface area (Å²) in [4.78, 5) is 2.26. The summed E-state index contributed by atoms with van der Waals surface area (Å²) in [5, 5.41) is 19.9. The molecule has 2 aromatic rings. The van der Waals surface area contributed by atoms with Crippen LogP contribution in [0.2, 0.25) is 5.02 Å². The fraction of sp³-hybridized carbons (Fsp3) is 0.409. The van der Waals surface area contributed by atoms with Crippen molar-refractivity contribution in [2.45, 2.75) is 31.0 Å². The molecule has 0 aromatic heterocycles. The number of β-amino-alcohol motifs (C(OH)–C–C–N with tert-alkyl or cyclic N) is 1. The van der Waals surface area contributed by atoms with E-state index < -0.39 is 6.10 Å². The van der Waals surface area contributed by atoms with Crippen LogP contribution in [0.4, 0.5) is 0 Å². The van der Waals surface area contributed by atoms with Crippen LogP contribution in [0.1, 0.15) is 24.0 Å². The summed E-state index contributed by atoms with van der Waals surface area (Å²) in [6, 6.07) is 14.8. The SMILES string of the molecule is N#Cc1ccc(OC[C@H](O)CN2CCC3(CC2)Cc2cc(Cl)ccc2O3)cc1. The maximum Gasteiger partial charge on any atom is 0.123 e. The standard InChI is InChI=1S/C22H23ClN2O3/c23-18-3-6-21-17(11-18)12-22(28-21)7-9-25(10-8-22)14-19(26)15-27-20-4-1-16(13-24)2-5-20/h1-6,11,19,26H,7-10,12,14-15H2/t19-/m1/s1. The number of ether oxygens (including phenoxy) is 2. The summed E-state index contributed by atoms with van der Waals surface area (Å²) >= 11 is 6.10. The molecule has 2 heterocycles. The van der Waals surface area contributed by atoms with Crippen LogP contribution in [0.15, 0.2) is 42.5 Å². The summed E-state index contributed by atoms with van der Waals surface area (Å²) in [7, 11) is 0. The van der Waals surface area contributed by atoms with E-state index in [1.54, 1.807) is 24.3 Å². The number of aliphatic hydroxyl groups excluding tert-OH is 1. The van der Waals surface area contributed by atoms with Gasteiger partial charge in [-0.2, -0.15) is 5.26 Å². The number of hydrogen-bond acceptors (Lipinski definition) is 5. The number of piperidine rings is 1. The molecule has 1 atom stereocenters. The van der Waals surface area contributed by atoms with E-state index in [2.05, 4.69) is 11.0 Å². The van der Waals surface area contributed by atoms with Crippen molar-refractivity contribution >= 4 is 11.6 Å². The minimum Gasteiger partial charge on any atom is -0.491 e. The smallest absolute Gasteiger partial charge is 0.123 e. The Morgan fingerprint density at radius 3 is 2.68 bits per heavy atom. The molecular weight excluding hydrogens is 376 g/mol. The Labute approximate surface area is 170 Å². The van der Waals surface area contributed by atoms with Crippen LogP contribution in [0.5, 0.6) is 11.5 Å². The van der Waals surface area contributed by atoms with Gasteiger partial charge in [0.05, 0.1) is 11.6 Å². The zero-order valence-corrected chi connectivity index (χ0v) is 16.4. The molecular formula is C22H23ClN2O3. The van der Waals surface area contributed by atoms with E-state index in [4.69, 9.17) is 26.3 Å². The first-order chi connectivity index (χ1) is 13.5. The van der Waals surface area contributed by atoms with Crippen LogP contribution in [0.25, 0.3) is 0 Å². The number of rotatable bonds is 5. The number of aliphatic hydroxyl groups is 1. The van der Waals surface area contributed by atoms with E-state index in [9.17, 15) is 5.11 Å². The predicted molar refractivity (Wildman–Crippen MR) is 107 cm³/mol. The van der Waals surface area contributed by atoms with Crippen LogP contribution >= 0.6 is 11.6 Å². The second-order valence-corrected chi connectivity index (χ2v) is 8.05. The van der Waals surface area contributed by atoms with E-state index in [0.717, 1.165) is 43.1 Å². The number of halogens is 1. The Bertz CT molecular complexity index is 870. The van der Waals surface area contributed by atoms with Gasteiger partial charge in [0.15, 0.2) is 0 Å². The lowest BCUT2D eigenvalue weighted by atomic mass is 9.87. The van der Waals surface area contributed by atoms with Crippen molar-refractivity contribution in [3.05, 3.63) is 58.6 Å². The molecule has 0 bridgehead atoms. The third kappa shape index (κ3) is 4.25. The molecule has 1 fully saturated rings. The van der Waals surface area contributed by atoms with E-state index in [0.29, 0.717) is 17.9 Å². The third-order valence-electron chi connectivity index (χ3n) is 5.52. The van der Waals surface area contributed by atoms with Crippen molar-refractivity contribution < 1.29 is 14.6 Å². The summed E-state index contributed by atoms with van der Waals surface area (Å²) in [5.41, 5.74) is 1.65. The van der Waals surface area contributed by atoms with Crippen molar-refractivity contribution in [1.29, 1.82) is 5.26 Å². The van der Waals surface area contributed by atoms with Crippen molar-refractivity contribution in [3.63, 3.8) is 0 Å². The number of likely N-dealkylation sites (tertiary alicyclic amines) is 1. The molecule has 2 aliphatic heterocycles. The topological polar surface area (TPSA) is 65.7 Å². The molecule has 2 aliphatic rings. The average Bonchev–Trinajstić information content (AvgIpc) is 3.05. The summed E-state index contributed by atoms with van der Waals surface area (Å²) in [5.74, 6) is 1.61. The lowest BCUT2D eigenvalue weighted by Crippen LogP contribution is -2.49. The maximum absolute atomic E-state index is 10.3. The zero-order chi connectivity index (χ0) is 19.6. The summed E-state index contributed by atoms with van der Waals surface area (Å²) in [6.45, 7) is 2.57. The Morgan fingerprint density at radius 1 is 1.21 bits per heavy atom. The number of benzene rings is 2. The molecule has 1 N–H and O–H groups in total. The van der Waals surface area contributed by atoms with Gasteiger partial charge in [-0.3, -0.25) is 0 Å². The van der Waals surface area contributed by atoms with Gasteiger partial charge in [-0.15, -0.1) is 0 Å². The van der Waals surface area contributed by atoms with E-state index >= 15 is 0 Å². The van der Waals surface area contributed by atoms with Gasteiger partial charge in [0.1, 0.15) is 29.8 Å². The van der Waals surface area contributed by atoms with Gasteiger partial charge >= 0.3 is 0 Å². The second-order valence-electron chi connectivity index (χ2n) is 7.62. The first kappa shape index (κ1) is 19.1. The van der Waals surface area contributed by atoms with Crippen LogP contribution in [0, 0.1) is 11.3 Å². The molecule has 28 heavy (non-hydrogen) atoms. The van der Waals surface area contributed by atoms with Crippen LogP contribution in [-0.2, 0) is 6.42 Å². The Balaban J connectivity index is 1.24. The van der Waals surface area contributed by atoms with E-state index in [-0.39, 0.29) is 12.2 Å². The number of nitriles is 1. The number of hydrogen-bond donors (Lipinski definition) is 1. The highest BCUT2D eigenvalue weighted by atomic mass is 35.5. The lowest BCUT2D eigenvalue weighted by molar-refractivity contribution is -0.00195. The normalized spacial score (nSPS) is 18.9. The minimum atomic E-state index is -0.565. The fourth-order valence-corrected chi connectivity index (χ4v) is 4.19.